The van der Waals surface area contributed by atoms with E-state index in [2.05, 4.69) is 33.9 Å². The topological polar surface area (TPSA) is 27.7 Å². The van der Waals surface area contributed by atoms with E-state index in [0.717, 1.165) is 12.8 Å². The summed E-state index contributed by atoms with van der Waals surface area (Å²) in [5, 5.41) is 0.271. The molecule has 2 atom stereocenters. The zero-order chi connectivity index (χ0) is 14.5. The van der Waals surface area contributed by atoms with Gasteiger partial charge in [-0.1, -0.05) is 33.6 Å². The van der Waals surface area contributed by atoms with Crippen molar-refractivity contribution in [2.75, 3.05) is 20.3 Å². The molecular formula is C15H32O3Si. The minimum atomic E-state index is -1.63. The van der Waals surface area contributed by atoms with Crippen LogP contribution in [0.15, 0.2) is 0 Å². The van der Waals surface area contributed by atoms with Gasteiger partial charge in [-0.3, -0.25) is 0 Å². The van der Waals surface area contributed by atoms with Crippen molar-refractivity contribution in [1.82, 2.24) is 0 Å². The van der Waals surface area contributed by atoms with Crippen molar-refractivity contribution >= 4 is 8.32 Å². The minimum Gasteiger partial charge on any atom is -0.414 e. The minimum absolute atomic E-state index is 0.266. The summed E-state index contributed by atoms with van der Waals surface area (Å²) in [6.07, 6.45) is 5.32. The van der Waals surface area contributed by atoms with Gasteiger partial charge in [-0.15, -0.1) is 0 Å². The van der Waals surface area contributed by atoms with Crippen LogP contribution in [0.3, 0.4) is 0 Å². The third kappa shape index (κ3) is 5.18. The summed E-state index contributed by atoms with van der Waals surface area (Å²) in [4.78, 5) is 0. The van der Waals surface area contributed by atoms with Gasteiger partial charge in [-0.2, -0.15) is 0 Å². The Labute approximate surface area is 120 Å². The molecule has 19 heavy (non-hydrogen) atoms. The number of hydrogen-bond acceptors (Lipinski definition) is 3. The van der Waals surface area contributed by atoms with E-state index in [1.54, 1.807) is 7.11 Å². The van der Waals surface area contributed by atoms with Crippen molar-refractivity contribution in [3.8, 4) is 0 Å². The fourth-order valence-corrected chi connectivity index (χ4v) is 3.26. The van der Waals surface area contributed by atoms with Gasteiger partial charge in [-0.05, 0) is 31.0 Å². The van der Waals surface area contributed by atoms with Crippen LogP contribution in [-0.2, 0) is 13.9 Å². The van der Waals surface area contributed by atoms with Gasteiger partial charge in [0.2, 0.25) is 0 Å². The number of ether oxygens (including phenoxy) is 2. The van der Waals surface area contributed by atoms with Crippen LogP contribution < -0.4 is 0 Å². The molecule has 0 aromatic heterocycles. The fourth-order valence-electron chi connectivity index (χ4n) is 2.24. The second-order valence-electron chi connectivity index (χ2n) is 7.08. The van der Waals surface area contributed by atoms with Gasteiger partial charge in [-0.25, -0.2) is 0 Å². The van der Waals surface area contributed by atoms with E-state index in [0.29, 0.717) is 13.2 Å². The van der Waals surface area contributed by atoms with Gasteiger partial charge in [0.1, 0.15) is 0 Å². The summed E-state index contributed by atoms with van der Waals surface area (Å²) < 4.78 is 17.6. The highest BCUT2D eigenvalue weighted by atomic mass is 28.4. The maximum absolute atomic E-state index is 6.13. The lowest BCUT2D eigenvalue weighted by Gasteiger charge is -2.36. The zero-order valence-electron chi connectivity index (χ0n) is 13.6. The average Bonchev–Trinajstić information content (AvgIpc) is 2.33. The molecule has 4 heteroatoms. The Hall–Kier alpha value is 0.0969. The average molecular weight is 289 g/mol. The Bertz CT molecular complexity index is 261. The molecule has 114 valence electrons. The van der Waals surface area contributed by atoms with Crippen molar-refractivity contribution in [1.29, 1.82) is 0 Å². The molecule has 1 rings (SSSR count). The lowest BCUT2D eigenvalue weighted by atomic mass is 9.94. The summed E-state index contributed by atoms with van der Waals surface area (Å²) in [6.45, 7) is 12.8. The molecule has 1 aliphatic carbocycles. The van der Waals surface area contributed by atoms with E-state index < -0.39 is 8.32 Å². The molecule has 0 N–H and O–H groups in total. The normalized spacial score (nSPS) is 25.6. The van der Waals surface area contributed by atoms with Gasteiger partial charge in [0, 0.05) is 7.11 Å². The summed E-state index contributed by atoms with van der Waals surface area (Å²) in [5.74, 6) is 0. The molecule has 0 aromatic rings. The molecule has 3 nitrogen and oxygen atoms in total. The highest BCUT2D eigenvalue weighted by Gasteiger charge is 2.37. The summed E-state index contributed by atoms with van der Waals surface area (Å²) in [7, 11) is 0.162. The summed E-state index contributed by atoms with van der Waals surface area (Å²) in [5.41, 5.74) is 0. The van der Waals surface area contributed by atoms with Crippen molar-refractivity contribution in [3.63, 3.8) is 0 Å². The van der Waals surface area contributed by atoms with Crippen LogP contribution in [-0.4, -0.2) is 40.8 Å². The monoisotopic (exact) mass is 288 g/mol. The SMILES string of the molecule is CO[C@@H]1CCCC[C@H]1OCCO[Si](C)(C)C(C)(C)C. The maximum Gasteiger partial charge on any atom is 0.192 e. The van der Waals surface area contributed by atoms with Gasteiger partial charge in [0.25, 0.3) is 0 Å². The van der Waals surface area contributed by atoms with Crippen molar-refractivity contribution < 1.29 is 13.9 Å². The lowest BCUT2D eigenvalue weighted by molar-refractivity contribution is -0.0820. The Morgan fingerprint density at radius 2 is 1.58 bits per heavy atom. The molecule has 0 bridgehead atoms. The van der Waals surface area contributed by atoms with Gasteiger partial charge >= 0.3 is 0 Å². The Balaban J connectivity index is 2.27. The molecule has 0 unspecified atom stereocenters. The molecule has 0 spiro atoms. The number of rotatable bonds is 6. The molecule has 1 aliphatic rings. The second kappa shape index (κ2) is 7.20. The molecule has 0 aliphatic heterocycles. The van der Waals surface area contributed by atoms with Crippen LogP contribution in [0.4, 0.5) is 0 Å². The molecule has 0 amide bonds. The molecule has 0 saturated heterocycles. The first kappa shape index (κ1) is 17.1. The molecule has 0 radical (unpaired) electrons. The Kier molecular flexibility index (Phi) is 6.50. The van der Waals surface area contributed by atoms with E-state index in [9.17, 15) is 0 Å². The second-order valence-corrected chi connectivity index (χ2v) is 11.9. The molecule has 1 fully saturated rings. The van der Waals surface area contributed by atoms with Crippen LogP contribution in [0.2, 0.25) is 18.1 Å². The van der Waals surface area contributed by atoms with E-state index >= 15 is 0 Å². The summed E-state index contributed by atoms with van der Waals surface area (Å²) in [6, 6.07) is 0. The third-order valence-corrected chi connectivity index (χ3v) is 9.17. The highest BCUT2D eigenvalue weighted by Crippen LogP contribution is 2.36. The number of methoxy groups -OCH3 is 1. The third-order valence-electron chi connectivity index (χ3n) is 4.63. The predicted octanol–water partition coefficient (Wildman–Crippen LogP) is 3.98. The first-order valence-corrected chi connectivity index (χ1v) is 10.5. The van der Waals surface area contributed by atoms with Gasteiger partial charge in [0.05, 0.1) is 25.4 Å². The predicted molar refractivity (Wildman–Crippen MR) is 82.2 cm³/mol. The fraction of sp³-hybridized carbons (Fsp3) is 1.00. The van der Waals surface area contributed by atoms with Crippen molar-refractivity contribution in [2.24, 2.45) is 0 Å². The van der Waals surface area contributed by atoms with E-state index in [-0.39, 0.29) is 17.2 Å². The van der Waals surface area contributed by atoms with Gasteiger partial charge in [0.15, 0.2) is 8.32 Å². The largest absolute Gasteiger partial charge is 0.414 e. The lowest BCUT2D eigenvalue weighted by Crippen LogP contribution is -2.42. The van der Waals surface area contributed by atoms with E-state index in [1.165, 1.54) is 12.8 Å². The van der Waals surface area contributed by atoms with E-state index in [1.807, 2.05) is 0 Å². The summed E-state index contributed by atoms with van der Waals surface area (Å²) >= 11 is 0. The first-order chi connectivity index (χ1) is 8.78. The van der Waals surface area contributed by atoms with Crippen LogP contribution in [0.1, 0.15) is 46.5 Å². The molecule has 0 heterocycles. The van der Waals surface area contributed by atoms with Crippen LogP contribution >= 0.6 is 0 Å². The van der Waals surface area contributed by atoms with E-state index in [4.69, 9.17) is 13.9 Å². The highest BCUT2D eigenvalue weighted by molar-refractivity contribution is 6.74. The molecule has 1 saturated carbocycles. The number of hydrogen-bond donors (Lipinski definition) is 0. The quantitative estimate of drug-likeness (QED) is 0.546. The standard InChI is InChI=1S/C15H32O3Si/c1-15(2,3)19(5,6)18-12-11-17-14-10-8-7-9-13(14)16-4/h13-14H,7-12H2,1-6H3/t13-,14-/m1/s1. The molecule has 0 aromatic carbocycles. The Morgan fingerprint density at radius 1 is 1.00 bits per heavy atom. The van der Waals surface area contributed by atoms with Crippen LogP contribution in [0.5, 0.6) is 0 Å². The molecular weight excluding hydrogens is 256 g/mol. The zero-order valence-corrected chi connectivity index (χ0v) is 14.6. The van der Waals surface area contributed by atoms with Crippen LogP contribution in [0.25, 0.3) is 0 Å². The van der Waals surface area contributed by atoms with Crippen molar-refractivity contribution in [3.05, 3.63) is 0 Å². The van der Waals surface area contributed by atoms with Crippen LogP contribution in [0, 0.1) is 0 Å². The van der Waals surface area contributed by atoms with Crippen molar-refractivity contribution in [2.45, 2.75) is 76.8 Å². The Morgan fingerprint density at radius 3 is 2.11 bits per heavy atom. The maximum atomic E-state index is 6.13. The van der Waals surface area contributed by atoms with Gasteiger partial charge < -0.3 is 13.9 Å². The first-order valence-electron chi connectivity index (χ1n) is 7.56. The smallest absolute Gasteiger partial charge is 0.192 e.